The van der Waals surface area contributed by atoms with Crippen LogP contribution in [0.15, 0.2) is 4.79 Å². The highest BCUT2D eigenvalue weighted by molar-refractivity contribution is 6.33. The van der Waals surface area contributed by atoms with Crippen molar-refractivity contribution in [1.29, 1.82) is 0 Å². The number of halogens is 4. The first-order valence-corrected chi connectivity index (χ1v) is 4.68. The van der Waals surface area contributed by atoms with E-state index in [2.05, 4.69) is 4.98 Å². The number of nitrogens with zero attached hydrogens (tertiary/aromatic N) is 2. The molecule has 0 aliphatic heterocycles. The van der Waals surface area contributed by atoms with Crippen LogP contribution in [0.2, 0.25) is 5.02 Å². The van der Waals surface area contributed by atoms with Crippen molar-refractivity contribution in [3.05, 3.63) is 21.2 Å². The highest BCUT2D eigenvalue weighted by atomic mass is 35.5. The Kier molecular flexibility index (Phi) is 3.18. The third-order valence-corrected chi connectivity index (χ3v) is 2.26. The SMILES string of the molecule is CC(C)n1c(N)c(Cl)c(C(F)(F)F)nc1=O. The van der Waals surface area contributed by atoms with E-state index in [1.165, 1.54) is 0 Å². The number of rotatable bonds is 1. The zero-order valence-corrected chi connectivity index (χ0v) is 9.23. The Bertz CT molecular complexity index is 467. The lowest BCUT2D eigenvalue weighted by Gasteiger charge is -2.16. The molecule has 0 fully saturated rings. The highest BCUT2D eigenvalue weighted by Crippen LogP contribution is 2.35. The largest absolute Gasteiger partial charge is 0.435 e. The zero-order valence-electron chi connectivity index (χ0n) is 8.47. The molecule has 0 amide bonds. The van der Waals surface area contributed by atoms with Crippen LogP contribution in [-0.2, 0) is 6.18 Å². The van der Waals surface area contributed by atoms with Gasteiger partial charge >= 0.3 is 11.9 Å². The molecule has 0 radical (unpaired) electrons. The minimum absolute atomic E-state index is 0.417. The molecule has 1 heterocycles. The fourth-order valence-electron chi connectivity index (χ4n) is 1.22. The number of nitrogen functional groups attached to an aromatic ring is 1. The topological polar surface area (TPSA) is 60.9 Å². The molecule has 0 atom stereocenters. The number of aromatic nitrogens is 2. The zero-order chi connectivity index (χ0) is 12.7. The summed E-state index contributed by atoms with van der Waals surface area (Å²) < 4.78 is 38.1. The van der Waals surface area contributed by atoms with Gasteiger partial charge < -0.3 is 5.73 Å². The van der Waals surface area contributed by atoms with E-state index in [0.717, 1.165) is 4.57 Å². The average Bonchev–Trinajstić information content (AvgIpc) is 2.09. The second-order valence-electron chi connectivity index (χ2n) is 3.40. The first-order valence-electron chi connectivity index (χ1n) is 4.31. The average molecular weight is 256 g/mol. The van der Waals surface area contributed by atoms with Crippen LogP contribution in [-0.4, -0.2) is 9.55 Å². The maximum Gasteiger partial charge on any atom is 0.435 e. The van der Waals surface area contributed by atoms with E-state index in [0.29, 0.717) is 0 Å². The van der Waals surface area contributed by atoms with Crippen LogP contribution in [0.5, 0.6) is 0 Å². The lowest BCUT2D eigenvalue weighted by Crippen LogP contribution is -2.30. The van der Waals surface area contributed by atoms with E-state index in [1.807, 2.05) is 0 Å². The molecular formula is C8H9ClF3N3O. The standard InChI is InChI=1S/C8H9ClF3N3O/c1-3(2)15-6(13)4(9)5(8(10,11)12)14-7(15)16/h3H,13H2,1-2H3. The predicted octanol–water partition coefficient (Wildman–Crippen LogP) is 2.08. The van der Waals surface area contributed by atoms with Crippen molar-refractivity contribution in [2.45, 2.75) is 26.1 Å². The van der Waals surface area contributed by atoms with Gasteiger partial charge in [0.15, 0.2) is 5.69 Å². The summed E-state index contributed by atoms with van der Waals surface area (Å²) in [7, 11) is 0. The molecule has 0 unspecified atom stereocenters. The highest BCUT2D eigenvalue weighted by Gasteiger charge is 2.37. The number of hydrogen-bond acceptors (Lipinski definition) is 3. The first-order chi connectivity index (χ1) is 7.16. The summed E-state index contributed by atoms with van der Waals surface area (Å²) in [5, 5.41) is -0.749. The summed E-state index contributed by atoms with van der Waals surface area (Å²) in [6, 6.07) is -0.417. The lowest BCUT2D eigenvalue weighted by atomic mass is 10.3. The molecular weight excluding hydrogens is 247 g/mol. The van der Waals surface area contributed by atoms with Gasteiger partial charge in [-0.1, -0.05) is 11.6 Å². The van der Waals surface area contributed by atoms with Gasteiger partial charge in [-0.2, -0.15) is 18.2 Å². The molecule has 90 valence electrons. The number of alkyl halides is 3. The Morgan fingerprint density at radius 1 is 1.44 bits per heavy atom. The van der Waals surface area contributed by atoms with E-state index in [-0.39, 0.29) is 0 Å². The Labute approximate surface area is 93.8 Å². The van der Waals surface area contributed by atoms with Gasteiger partial charge in [-0.25, -0.2) is 4.79 Å². The summed E-state index contributed by atoms with van der Waals surface area (Å²) in [5.74, 6) is -0.427. The van der Waals surface area contributed by atoms with E-state index in [9.17, 15) is 18.0 Å². The molecule has 0 aliphatic carbocycles. The first kappa shape index (κ1) is 12.8. The van der Waals surface area contributed by atoms with Gasteiger partial charge in [0, 0.05) is 6.04 Å². The van der Waals surface area contributed by atoms with Crippen LogP contribution < -0.4 is 11.4 Å². The maximum atomic E-state index is 12.4. The Hall–Kier alpha value is -1.24. The van der Waals surface area contributed by atoms with E-state index < -0.39 is 34.4 Å². The van der Waals surface area contributed by atoms with Crippen molar-refractivity contribution in [3.63, 3.8) is 0 Å². The molecule has 1 aromatic rings. The normalized spacial score (nSPS) is 12.2. The molecule has 0 aliphatic rings. The van der Waals surface area contributed by atoms with Crippen molar-refractivity contribution in [2.24, 2.45) is 0 Å². The van der Waals surface area contributed by atoms with Crippen LogP contribution in [0.1, 0.15) is 25.6 Å². The van der Waals surface area contributed by atoms with Crippen LogP contribution in [0.3, 0.4) is 0 Å². The molecule has 0 saturated heterocycles. The molecule has 4 nitrogen and oxygen atoms in total. The number of hydrogen-bond donors (Lipinski definition) is 1. The van der Waals surface area contributed by atoms with E-state index in [4.69, 9.17) is 17.3 Å². The molecule has 0 saturated carbocycles. The Morgan fingerprint density at radius 3 is 2.31 bits per heavy atom. The smallest absolute Gasteiger partial charge is 0.384 e. The summed E-state index contributed by atoms with van der Waals surface area (Å²) in [6.45, 7) is 3.17. The number of anilines is 1. The minimum atomic E-state index is -4.79. The minimum Gasteiger partial charge on any atom is -0.384 e. The van der Waals surface area contributed by atoms with E-state index >= 15 is 0 Å². The summed E-state index contributed by atoms with van der Waals surface area (Å²) >= 11 is 5.43. The van der Waals surface area contributed by atoms with Crippen molar-refractivity contribution in [1.82, 2.24) is 9.55 Å². The lowest BCUT2D eigenvalue weighted by molar-refractivity contribution is -0.141. The van der Waals surface area contributed by atoms with Gasteiger partial charge in [-0.05, 0) is 13.8 Å². The van der Waals surface area contributed by atoms with Crippen molar-refractivity contribution < 1.29 is 13.2 Å². The fourth-order valence-corrected chi connectivity index (χ4v) is 1.46. The molecule has 1 aromatic heterocycles. The second kappa shape index (κ2) is 3.97. The Morgan fingerprint density at radius 2 is 1.94 bits per heavy atom. The van der Waals surface area contributed by atoms with Gasteiger partial charge in [0.25, 0.3) is 0 Å². The number of nitrogens with two attached hydrogens (primary N) is 1. The van der Waals surface area contributed by atoms with Crippen LogP contribution >= 0.6 is 11.6 Å². The molecule has 0 spiro atoms. The van der Waals surface area contributed by atoms with Crippen LogP contribution in [0, 0.1) is 0 Å². The third kappa shape index (κ3) is 2.13. The van der Waals surface area contributed by atoms with Gasteiger partial charge in [-0.15, -0.1) is 0 Å². The van der Waals surface area contributed by atoms with Crippen LogP contribution in [0.25, 0.3) is 0 Å². The quantitative estimate of drug-likeness (QED) is 0.836. The van der Waals surface area contributed by atoms with Crippen molar-refractivity contribution >= 4 is 17.4 Å². The molecule has 0 bridgehead atoms. The van der Waals surface area contributed by atoms with Gasteiger partial charge in [0.2, 0.25) is 0 Å². The van der Waals surface area contributed by atoms with E-state index in [1.54, 1.807) is 13.8 Å². The summed E-state index contributed by atoms with van der Waals surface area (Å²) in [6.07, 6.45) is -4.79. The maximum absolute atomic E-state index is 12.4. The van der Waals surface area contributed by atoms with Crippen molar-refractivity contribution in [3.8, 4) is 0 Å². The fraction of sp³-hybridized carbons (Fsp3) is 0.500. The molecule has 8 heteroatoms. The molecule has 0 aromatic carbocycles. The molecule has 16 heavy (non-hydrogen) atoms. The van der Waals surface area contributed by atoms with Crippen molar-refractivity contribution in [2.75, 3.05) is 5.73 Å². The monoisotopic (exact) mass is 255 g/mol. The third-order valence-electron chi connectivity index (χ3n) is 1.89. The Balaban J connectivity index is 3.59. The predicted molar refractivity (Wildman–Crippen MR) is 53.3 cm³/mol. The second-order valence-corrected chi connectivity index (χ2v) is 3.78. The molecule has 2 N–H and O–H groups in total. The summed E-state index contributed by atoms with van der Waals surface area (Å²) in [4.78, 5) is 14.2. The molecule has 1 rings (SSSR count). The summed E-state index contributed by atoms with van der Waals surface area (Å²) in [5.41, 5.74) is 2.86. The van der Waals surface area contributed by atoms with Crippen LogP contribution in [0.4, 0.5) is 19.0 Å². The van der Waals surface area contributed by atoms with Gasteiger partial charge in [0.1, 0.15) is 10.8 Å². The van der Waals surface area contributed by atoms with Gasteiger partial charge in [0.05, 0.1) is 0 Å². The van der Waals surface area contributed by atoms with Gasteiger partial charge in [-0.3, -0.25) is 4.57 Å².